The lowest BCUT2D eigenvalue weighted by molar-refractivity contribution is 0.0748. The zero-order valence-corrected chi connectivity index (χ0v) is 15.7. The summed E-state index contributed by atoms with van der Waals surface area (Å²) in [4.78, 5) is 16.8. The van der Waals surface area contributed by atoms with Gasteiger partial charge in [-0.05, 0) is 42.0 Å². The van der Waals surface area contributed by atoms with E-state index in [4.69, 9.17) is 21.1 Å². The lowest BCUT2D eigenvalue weighted by Crippen LogP contribution is -2.20. The van der Waals surface area contributed by atoms with Crippen molar-refractivity contribution in [2.24, 2.45) is 0 Å². The molecule has 0 saturated heterocycles. The second-order valence-electron chi connectivity index (χ2n) is 5.71. The zero-order valence-electron chi connectivity index (χ0n) is 15.0. The Morgan fingerprint density at radius 2 is 1.81 bits per heavy atom. The molecule has 1 aromatic heterocycles. The number of carbonyl (C=O) groups is 1. The minimum Gasteiger partial charge on any atom is -0.497 e. The highest BCUT2D eigenvalue weighted by Crippen LogP contribution is 2.21. The van der Waals surface area contributed by atoms with E-state index in [2.05, 4.69) is 15.4 Å². The first-order chi connectivity index (χ1) is 13.1. The van der Waals surface area contributed by atoms with Gasteiger partial charge in [0.2, 0.25) is 5.95 Å². The van der Waals surface area contributed by atoms with E-state index in [1.54, 1.807) is 7.11 Å². The number of anilines is 1. The summed E-state index contributed by atoms with van der Waals surface area (Å²) in [6.07, 6.45) is 0. The molecule has 0 spiro atoms. The van der Waals surface area contributed by atoms with Crippen LogP contribution in [0.2, 0.25) is 5.02 Å². The van der Waals surface area contributed by atoms with Crippen LogP contribution < -0.4 is 10.1 Å². The number of aromatic nitrogens is 3. The van der Waals surface area contributed by atoms with E-state index < -0.39 is 0 Å². The molecule has 0 unspecified atom stereocenters. The number of methoxy groups -OCH3 is 2. The van der Waals surface area contributed by atoms with Gasteiger partial charge < -0.3 is 14.8 Å². The number of nitrogens with zero attached hydrogens (tertiary/aromatic N) is 3. The molecule has 0 radical (unpaired) electrons. The van der Waals surface area contributed by atoms with E-state index >= 15 is 0 Å². The van der Waals surface area contributed by atoms with E-state index in [1.807, 2.05) is 48.5 Å². The van der Waals surface area contributed by atoms with Crippen molar-refractivity contribution in [2.75, 3.05) is 26.1 Å². The standard InChI is InChI=1S/C19H19ClN4O3/c1-26-12-17(25)24-19(21-11-13-3-7-15(20)8-4-13)22-18(23-24)14-5-9-16(27-2)10-6-14/h3-10H,11-12H2,1-2H3,(H,21,22,23). The van der Waals surface area contributed by atoms with Crippen LogP contribution in [0.15, 0.2) is 48.5 Å². The summed E-state index contributed by atoms with van der Waals surface area (Å²) < 4.78 is 11.3. The van der Waals surface area contributed by atoms with E-state index in [9.17, 15) is 4.79 Å². The monoisotopic (exact) mass is 386 g/mol. The summed E-state index contributed by atoms with van der Waals surface area (Å²) in [6, 6.07) is 14.7. The number of ether oxygens (including phenoxy) is 2. The highest BCUT2D eigenvalue weighted by atomic mass is 35.5. The molecule has 27 heavy (non-hydrogen) atoms. The van der Waals surface area contributed by atoms with Crippen LogP contribution in [0, 0.1) is 0 Å². The van der Waals surface area contributed by atoms with Gasteiger partial charge in [0, 0.05) is 24.2 Å². The molecule has 0 amide bonds. The van der Waals surface area contributed by atoms with Crippen LogP contribution >= 0.6 is 11.6 Å². The number of carbonyl (C=O) groups excluding carboxylic acids is 1. The van der Waals surface area contributed by atoms with Gasteiger partial charge in [-0.1, -0.05) is 23.7 Å². The number of halogens is 1. The Kier molecular flexibility index (Phi) is 6.05. The number of rotatable bonds is 7. The van der Waals surface area contributed by atoms with Crippen molar-refractivity contribution in [2.45, 2.75) is 6.54 Å². The summed E-state index contributed by atoms with van der Waals surface area (Å²) in [5, 5.41) is 8.14. The fourth-order valence-corrected chi connectivity index (χ4v) is 2.56. The molecule has 0 aliphatic heterocycles. The number of hydrogen-bond acceptors (Lipinski definition) is 6. The number of nitrogens with one attached hydrogen (secondary N) is 1. The van der Waals surface area contributed by atoms with Crippen molar-refractivity contribution in [3.63, 3.8) is 0 Å². The van der Waals surface area contributed by atoms with Gasteiger partial charge in [-0.2, -0.15) is 9.67 Å². The highest BCUT2D eigenvalue weighted by Gasteiger charge is 2.17. The third kappa shape index (κ3) is 4.64. The summed E-state index contributed by atoms with van der Waals surface area (Å²) in [6.45, 7) is 0.374. The molecule has 0 aliphatic rings. The normalized spacial score (nSPS) is 10.6. The van der Waals surface area contributed by atoms with Crippen LogP contribution in [-0.2, 0) is 11.3 Å². The third-order valence-corrected chi connectivity index (χ3v) is 4.08. The maximum absolute atomic E-state index is 12.3. The average molecular weight is 387 g/mol. The van der Waals surface area contributed by atoms with E-state index in [-0.39, 0.29) is 12.5 Å². The molecule has 1 N–H and O–H groups in total. The molecule has 0 fully saturated rings. The van der Waals surface area contributed by atoms with E-state index in [1.165, 1.54) is 11.8 Å². The SMILES string of the molecule is COCC(=O)n1nc(-c2ccc(OC)cc2)nc1NCc1ccc(Cl)cc1. The molecule has 8 heteroatoms. The van der Waals surface area contributed by atoms with Gasteiger partial charge in [0.25, 0.3) is 5.91 Å². The number of hydrogen-bond donors (Lipinski definition) is 1. The molecule has 0 atom stereocenters. The molecule has 2 aromatic carbocycles. The van der Waals surface area contributed by atoms with Gasteiger partial charge in [0.05, 0.1) is 7.11 Å². The fraction of sp³-hybridized carbons (Fsp3) is 0.211. The van der Waals surface area contributed by atoms with Gasteiger partial charge in [-0.15, -0.1) is 5.10 Å². The van der Waals surface area contributed by atoms with Crippen molar-refractivity contribution >= 4 is 23.5 Å². The van der Waals surface area contributed by atoms with Gasteiger partial charge in [0.15, 0.2) is 5.82 Å². The molecular weight excluding hydrogens is 368 g/mol. The topological polar surface area (TPSA) is 78.3 Å². The summed E-state index contributed by atoms with van der Waals surface area (Å²) >= 11 is 5.91. The Morgan fingerprint density at radius 3 is 2.44 bits per heavy atom. The second-order valence-corrected chi connectivity index (χ2v) is 6.14. The largest absolute Gasteiger partial charge is 0.497 e. The average Bonchev–Trinajstić information content (AvgIpc) is 3.12. The van der Waals surface area contributed by atoms with Crippen molar-refractivity contribution in [3.8, 4) is 17.1 Å². The highest BCUT2D eigenvalue weighted by molar-refractivity contribution is 6.30. The molecule has 3 aromatic rings. The predicted molar refractivity (Wildman–Crippen MR) is 103 cm³/mol. The summed E-state index contributed by atoms with van der Waals surface area (Å²) in [7, 11) is 3.06. The van der Waals surface area contributed by atoms with Crippen molar-refractivity contribution in [1.29, 1.82) is 0 Å². The first-order valence-corrected chi connectivity index (χ1v) is 8.60. The van der Waals surface area contributed by atoms with Gasteiger partial charge in [-0.3, -0.25) is 4.79 Å². The molecule has 0 aliphatic carbocycles. The molecule has 3 rings (SSSR count). The lowest BCUT2D eigenvalue weighted by Gasteiger charge is -2.07. The van der Waals surface area contributed by atoms with Crippen molar-refractivity contribution < 1.29 is 14.3 Å². The first kappa shape index (κ1) is 18.9. The van der Waals surface area contributed by atoms with E-state index in [0.717, 1.165) is 16.9 Å². The molecule has 1 heterocycles. The minimum atomic E-state index is -0.316. The zero-order chi connectivity index (χ0) is 19.2. The Labute approximate surface area is 161 Å². The fourth-order valence-electron chi connectivity index (χ4n) is 2.43. The number of benzene rings is 2. The van der Waals surface area contributed by atoms with Crippen LogP contribution in [0.4, 0.5) is 5.95 Å². The van der Waals surface area contributed by atoms with Gasteiger partial charge in [0.1, 0.15) is 12.4 Å². The van der Waals surface area contributed by atoms with Crippen LogP contribution in [0.3, 0.4) is 0 Å². The van der Waals surface area contributed by atoms with Crippen molar-refractivity contribution in [3.05, 3.63) is 59.1 Å². The van der Waals surface area contributed by atoms with Gasteiger partial charge >= 0.3 is 0 Å². The maximum Gasteiger partial charge on any atom is 0.276 e. The minimum absolute atomic E-state index is 0.0962. The summed E-state index contributed by atoms with van der Waals surface area (Å²) in [5.74, 6) is 1.19. The van der Waals surface area contributed by atoms with Crippen LogP contribution in [0.25, 0.3) is 11.4 Å². The second kappa shape index (κ2) is 8.66. The third-order valence-electron chi connectivity index (χ3n) is 3.82. The first-order valence-electron chi connectivity index (χ1n) is 8.22. The molecule has 0 bridgehead atoms. The Morgan fingerprint density at radius 1 is 1.11 bits per heavy atom. The maximum atomic E-state index is 12.3. The van der Waals surface area contributed by atoms with Gasteiger partial charge in [-0.25, -0.2) is 0 Å². The lowest BCUT2D eigenvalue weighted by atomic mass is 10.2. The Bertz CT molecular complexity index is 908. The molecular formula is C19H19ClN4O3. The quantitative estimate of drug-likeness (QED) is 0.669. The van der Waals surface area contributed by atoms with Crippen LogP contribution in [-0.4, -0.2) is 41.5 Å². The van der Waals surface area contributed by atoms with Crippen LogP contribution in [0.1, 0.15) is 10.4 Å². The molecule has 140 valence electrons. The molecule has 7 nitrogen and oxygen atoms in total. The Balaban J connectivity index is 1.86. The van der Waals surface area contributed by atoms with E-state index in [0.29, 0.717) is 23.3 Å². The molecule has 0 saturated carbocycles. The predicted octanol–water partition coefficient (Wildman–Crippen LogP) is 3.51. The van der Waals surface area contributed by atoms with Crippen molar-refractivity contribution in [1.82, 2.24) is 14.8 Å². The Hall–Kier alpha value is -2.90. The summed E-state index contributed by atoms with van der Waals surface area (Å²) in [5.41, 5.74) is 1.77. The van der Waals surface area contributed by atoms with Crippen LogP contribution in [0.5, 0.6) is 5.75 Å². The smallest absolute Gasteiger partial charge is 0.276 e.